The fraction of sp³-hybridized carbons (Fsp3) is 0.250. The summed E-state index contributed by atoms with van der Waals surface area (Å²) in [6, 6.07) is 3.30. The molecule has 1 aromatic carbocycles. The standard InChI is InChI=1S/C12H11Cl3N4S/c1-2-3-10-17-18-12(20)19(10)16-6-7-8(13)4-5-9(14)11(7)15/h4-6H,2-3H2,1H3,(H,18,20). The summed E-state index contributed by atoms with van der Waals surface area (Å²) in [7, 11) is 0. The van der Waals surface area contributed by atoms with E-state index in [1.807, 2.05) is 0 Å². The molecule has 2 aromatic rings. The van der Waals surface area contributed by atoms with Crippen LogP contribution in [0.15, 0.2) is 17.2 Å². The SMILES string of the molecule is CCCc1n[nH]c(=S)n1N=Cc1c(Cl)ccc(Cl)c1Cl. The fourth-order valence-electron chi connectivity index (χ4n) is 1.61. The Balaban J connectivity index is 2.42. The number of nitrogens with zero attached hydrogens (tertiary/aromatic N) is 3. The van der Waals surface area contributed by atoms with Gasteiger partial charge in [0.1, 0.15) is 0 Å². The van der Waals surface area contributed by atoms with E-state index in [-0.39, 0.29) is 0 Å². The Kier molecular flexibility index (Phi) is 5.21. The lowest BCUT2D eigenvalue weighted by Gasteiger charge is -2.03. The van der Waals surface area contributed by atoms with Crippen LogP contribution in [-0.4, -0.2) is 21.1 Å². The maximum Gasteiger partial charge on any atom is 0.216 e. The van der Waals surface area contributed by atoms with Gasteiger partial charge in [-0.3, -0.25) is 5.10 Å². The van der Waals surface area contributed by atoms with E-state index >= 15 is 0 Å². The molecule has 1 aromatic heterocycles. The van der Waals surface area contributed by atoms with E-state index in [1.165, 1.54) is 6.21 Å². The maximum atomic E-state index is 6.11. The number of hydrogen-bond donors (Lipinski definition) is 1. The van der Waals surface area contributed by atoms with Crippen molar-refractivity contribution in [3.8, 4) is 0 Å². The monoisotopic (exact) mass is 348 g/mol. The maximum absolute atomic E-state index is 6.11. The third-order valence-electron chi connectivity index (χ3n) is 2.57. The average molecular weight is 350 g/mol. The third-order valence-corrected chi connectivity index (χ3v) is 3.99. The van der Waals surface area contributed by atoms with Gasteiger partial charge in [-0.1, -0.05) is 41.7 Å². The first kappa shape index (κ1) is 15.5. The number of H-pyrrole nitrogens is 1. The Morgan fingerprint density at radius 1 is 1.35 bits per heavy atom. The Labute approximate surface area is 136 Å². The van der Waals surface area contributed by atoms with Gasteiger partial charge in [0.15, 0.2) is 5.82 Å². The number of hydrogen-bond acceptors (Lipinski definition) is 3. The van der Waals surface area contributed by atoms with Crippen molar-refractivity contribution in [1.29, 1.82) is 0 Å². The highest BCUT2D eigenvalue weighted by Crippen LogP contribution is 2.30. The van der Waals surface area contributed by atoms with Crippen molar-refractivity contribution in [2.45, 2.75) is 19.8 Å². The zero-order chi connectivity index (χ0) is 14.7. The van der Waals surface area contributed by atoms with Crippen molar-refractivity contribution in [3.05, 3.63) is 43.4 Å². The first-order valence-electron chi connectivity index (χ1n) is 5.88. The van der Waals surface area contributed by atoms with E-state index in [4.69, 9.17) is 47.0 Å². The third kappa shape index (κ3) is 3.23. The second kappa shape index (κ2) is 6.72. The van der Waals surface area contributed by atoms with Crippen molar-refractivity contribution in [1.82, 2.24) is 14.9 Å². The number of aryl methyl sites for hydroxylation is 1. The lowest BCUT2D eigenvalue weighted by molar-refractivity contribution is 0.740. The van der Waals surface area contributed by atoms with Gasteiger partial charge >= 0.3 is 0 Å². The summed E-state index contributed by atoms with van der Waals surface area (Å²) in [6.45, 7) is 2.05. The van der Waals surface area contributed by atoms with Gasteiger partial charge < -0.3 is 0 Å². The predicted octanol–water partition coefficient (Wildman–Crippen LogP) is 4.74. The summed E-state index contributed by atoms with van der Waals surface area (Å²) in [6.07, 6.45) is 3.23. The molecule has 0 atom stereocenters. The van der Waals surface area contributed by atoms with Crippen LogP contribution in [0.5, 0.6) is 0 Å². The summed E-state index contributed by atoms with van der Waals surface area (Å²) in [5.41, 5.74) is 0.548. The summed E-state index contributed by atoms with van der Waals surface area (Å²) in [5.74, 6) is 0.753. The van der Waals surface area contributed by atoms with Crippen LogP contribution in [0.2, 0.25) is 15.1 Å². The lowest BCUT2D eigenvalue weighted by Crippen LogP contribution is -1.99. The van der Waals surface area contributed by atoms with E-state index in [2.05, 4.69) is 22.2 Å². The molecule has 4 nitrogen and oxygen atoms in total. The summed E-state index contributed by atoms with van der Waals surface area (Å²) >= 11 is 23.3. The minimum absolute atomic E-state index is 0.356. The molecule has 106 valence electrons. The highest BCUT2D eigenvalue weighted by molar-refractivity contribution is 7.71. The second-order valence-electron chi connectivity index (χ2n) is 4.01. The molecule has 0 saturated carbocycles. The van der Waals surface area contributed by atoms with Crippen molar-refractivity contribution >= 4 is 53.2 Å². The van der Waals surface area contributed by atoms with Crippen LogP contribution in [0.1, 0.15) is 24.7 Å². The van der Waals surface area contributed by atoms with Gasteiger partial charge in [0.05, 0.1) is 21.3 Å². The van der Waals surface area contributed by atoms with Gasteiger partial charge in [-0.2, -0.15) is 14.9 Å². The summed E-state index contributed by atoms with van der Waals surface area (Å²) in [4.78, 5) is 0. The quantitative estimate of drug-likeness (QED) is 0.492. The molecule has 0 spiro atoms. The fourth-order valence-corrected chi connectivity index (χ4v) is 2.44. The molecule has 0 amide bonds. The normalized spacial score (nSPS) is 11.4. The molecular weight excluding hydrogens is 339 g/mol. The molecule has 0 aliphatic heterocycles. The molecule has 2 rings (SSSR count). The molecule has 0 radical (unpaired) electrons. The predicted molar refractivity (Wildman–Crippen MR) is 85.9 cm³/mol. The highest BCUT2D eigenvalue weighted by atomic mass is 35.5. The molecule has 0 aliphatic carbocycles. The van der Waals surface area contributed by atoms with Gasteiger partial charge in [-0.05, 0) is 30.8 Å². The molecule has 0 aliphatic rings. The van der Waals surface area contributed by atoms with Gasteiger partial charge in [0.25, 0.3) is 0 Å². The van der Waals surface area contributed by atoms with Crippen LogP contribution in [0.4, 0.5) is 0 Å². The molecular formula is C12H11Cl3N4S. The molecule has 0 fully saturated rings. The number of nitrogens with one attached hydrogen (secondary N) is 1. The second-order valence-corrected chi connectivity index (χ2v) is 5.59. The Hall–Kier alpha value is -0.880. The Bertz CT molecular complexity index is 705. The first-order valence-corrected chi connectivity index (χ1v) is 7.43. The van der Waals surface area contributed by atoms with Gasteiger partial charge in [0.2, 0.25) is 4.77 Å². The van der Waals surface area contributed by atoms with Crippen LogP contribution in [0.3, 0.4) is 0 Å². The molecule has 8 heteroatoms. The minimum atomic E-state index is 0.356. The van der Waals surface area contributed by atoms with Crippen LogP contribution in [0.25, 0.3) is 0 Å². The molecule has 20 heavy (non-hydrogen) atoms. The number of aromatic nitrogens is 3. The van der Waals surface area contributed by atoms with Crippen LogP contribution < -0.4 is 0 Å². The van der Waals surface area contributed by atoms with Crippen LogP contribution in [0, 0.1) is 4.77 Å². The topological polar surface area (TPSA) is 46.0 Å². The van der Waals surface area contributed by atoms with Crippen LogP contribution in [-0.2, 0) is 6.42 Å². The van der Waals surface area contributed by atoms with E-state index < -0.39 is 0 Å². The smallest absolute Gasteiger partial charge is 0.216 e. The Morgan fingerprint density at radius 2 is 2.05 bits per heavy atom. The lowest BCUT2D eigenvalue weighted by atomic mass is 10.2. The summed E-state index contributed by atoms with van der Waals surface area (Å²) in [5, 5.41) is 12.4. The van der Waals surface area contributed by atoms with Crippen molar-refractivity contribution < 1.29 is 0 Å². The minimum Gasteiger partial charge on any atom is -0.250 e. The number of aromatic amines is 1. The number of halogens is 3. The molecule has 1 heterocycles. The summed E-state index contributed by atoms with van der Waals surface area (Å²) < 4.78 is 1.96. The van der Waals surface area contributed by atoms with E-state index in [1.54, 1.807) is 16.8 Å². The van der Waals surface area contributed by atoms with Gasteiger partial charge in [-0.25, -0.2) is 0 Å². The van der Waals surface area contributed by atoms with E-state index in [9.17, 15) is 0 Å². The van der Waals surface area contributed by atoms with Crippen molar-refractivity contribution in [3.63, 3.8) is 0 Å². The first-order chi connectivity index (χ1) is 9.54. The Morgan fingerprint density at radius 3 is 2.75 bits per heavy atom. The number of rotatable bonds is 4. The van der Waals surface area contributed by atoms with Gasteiger partial charge in [0, 0.05) is 12.0 Å². The molecule has 0 unspecified atom stereocenters. The molecule has 1 N–H and O–H groups in total. The van der Waals surface area contributed by atoms with Crippen molar-refractivity contribution in [2.75, 3.05) is 0 Å². The molecule has 0 bridgehead atoms. The highest BCUT2D eigenvalue weighted by Gasteiger charge is 2.08. The zero-order valence-electron chi connectivity index (χ0n) is 10.5. The van der Waals surface area contributed by atoms with Gasteiger partial charge in [-0.15, -0.1) is 0 Å². The van der Waals surface area contributed by atoms with E-state index in [0.717, 1.165) is 18.7 Å². The zero-order valence-corrected chi connectivity index (χ0v) is 13.6. The van der Waals surface area contributed by atoms with Crippen molar-refractivity contribution in [2.24, 2.45) is 5.10 Å². The average Bonchev–Trinajstić information content (AvgIpc) is 2.76. The number of benzene rings is 1. The largest absolute Gasteiger partial charge is 0.250 e. The van der Waals surface area contributed by atoms with Crippen LogP contribution >= 0.6 is 47.0 Å². The molecule has 0 saturated heterocycles. The van der Waals surface area contributed by atoms with E-state index in [0.29, 0.717) is 25.4 Å².